The Kier molecular flexibility index (Phi) is 5.29. The van der Waals surface area contributed by atoms with Gasteiger partial charge in [0.15, 0.2) is 0 Å². The number of halogens is 2. The Morgan fingerprint density at radius 2 is 2.20 bits per heavy atom. The molecule has 0 unspecified atom stereocenters. The highest BCUT2D eigenvalue weighted by Crippen LogP contribution is 2.31. The van der Waals surface area contributed by atoms with Crippen LogP contribution in [0.15, 0.2) is 22.7 Å². The molecule has 0 saturated heterocycles. The zero-order valence-corrected chi connectivity index (χ0v) is 15.8. The molecule has 2 N–H and O–H groups in total. The highest BCUT2D eigenvalue weighted by molar-refractivity contribution is 9.10. The van der Waals surface area contributed by atoms with E-state index < -0.39 is 6.09 Å². The molecule has 2 aromatic rings. The fraction of sp³-hybridized carbons (Fsp3) is 0.312. The van der Waals surface area contributed by atoms with Gasteiger partial charge in [0.25, 0.3) is 0 Å². The summed E-state index contributed by atoms with van der Waals surface area (Å²) in [4.78, 5) is 21.8. The Bertz CT molecular complexity index is 818. The van der Waals surface area contributed by atoms with E-state index in [9.17, 15) is 4.79 Å². The number of nitrogens with zero attached hydrogens (tertiary/aromatic N) is 3. The maximum atomic E-state index is 11.9. The highest BCUT2D eigenvalue weighted by atomic mass is 79.9. The van der Waals surface area contributed by atoms with E-state index in [0.29, 0.717) is 36.3 Å². The third kappa shape index (κ3) is 3.96. The number of fused-ring (bicyclic) bond motifs is 1. The third-order valence-corrected chi connectivity index (χ3v) is 4.52. The summed E-state index contributed by atoms with van der Waals surface area (Å²) >= 11 is 9.59. The summed E-state index contributed by atoms with van der Waals surface area (Å²) < 4.78 is 11.8. The lowest BCUT2D eigenvalue weighted by Crippen LogP contribution is -2.26. The minimum absolute atomic E-state index is 0.0970. The number of ether oxygens (including phenoxy) is 2. The molecule has 0 fully saturated rings. The van der Waals surface area contributed by atoms with Gasteiger partial charge in [-0.2, -0.15) is 4.98 Å². The highest BCUT2D eigenvalue weighted by Gasteiger charge is 2.29. The maximum Gasteiger partial charge on any atom is 0.410 e. The fourth-order valence-corrected chi connectivity index (χ4v) is 3.09. The molecule has 3 rings (SSSR count). The second-order valence-corrected chi connectivity index (χ2v) is 6.71. The van der Waals surface area contributed by atoms with E-state index in [0.717, 1.165) is 15.6 Å². The Hall–Kier alpha value is -2.06. The van der Waals surface area contributed by atoms with Crippen LogP contribution in [0.1, 0.15) is 23.7 Å². The van der Waals surface area contributed by atoms with Gasteiger partial charge < -0.3 is 15.2 Å². The first-order valence-electron chi connectivity index (χ1n) is 7.61. The summed E-state index contributed by atoms with van der Waals surface area (Å²) in [6, 6.07) is 5.51. The number of carbonyl (C=O) groups excluding carboxylic acids is 1. The van der Waals surface area contributed by atoms with Crippen molar-refractivity contribution in [2.75, 3.05) is 12.3 Å². The van der Waals surface area contributed by atoms with Crippen molar-refractivity contribution in [1.82, 2.24) is 14.9 Å². The van der Waals surface area contributed by atoms with Crippen LogP contribution in [0.4, 0.5) is 10.7 Å². The van der Waals surface area contributed by atoms with Gasteiger partial charge in [-0.25, -0.2) is 9.78 Å². The van der Waals surface area contributed by atoms with Gasteiger partial charge in [0.05, 0.1) is 31.0 Å². The Labute approximate surface area is 158 Å². The molecular weight excluding hydrogens is 412 g/mol. The number of amides is 1. The van der Waals surface area contributed by atoms with Crippen LogP contribution in [-0.4, -0.2) is 27.6 Å². The minimum atomic E-state index is -0.403. The first kappa shape index (κ1) is 17.8. The van der Waals surface area contributed by atoms with Crippen molar-refractivity contribution in [3.05, 3.63) is 44.5 Å². The van der Waals surface area contributed by atoms with E-state index in [1.807, 2.05) is 12.1 Å². The second kappa shape index (κ2) is 7.45. The van der Waals surface area contributed by atoms with Crippen molar-refractivity contribution < 1.29 is 14.3 Å². The Morgan fingerprint density at radius 3 is 2.96 bits per heavy atom. The van der Waals surface area contributed by atoms with Crippen LogP contribution in [-0.2, 0) is 24.4 Å². The molecule has 0 aliphatic carbocycles. The molecule has 25 heavy (non-hydrogen) atoms. The smallest absolute Gasteiger partial charge is 0.410 e. The van der Waals surface area contributed by atoms with E-state index in [4.69, 9.17) is 26.8 Å². The van der Waals surface area contributed by atoms with Crippen LogP contribution >= 0.6 is 27.5 Å². The number of anilines is 1. The van der Waals surface area contributed by atoms with Crippen LogP contribution in [0.2, 0.25) is 5.02 Å². The topological polar surface area (TPSA) is 90.6 Å². The van der Waals surface area contributed by atoms with Crippen LogP contribution < -0.4 is 10.5 Å². The van der Waals surface area contributed by atoms with E-state index in [1.165, 1.54) is 4.90 Å². The molecule has 2 heterocycles. The Morgan fingerprint density at radius 1 is 1.40 bits per heavy atom. The molecule has 132 valence electrons. The summed E-state index contributed by atoms with van der Waals surface area (Å²) in [5, 5.41) is 0.593. The lowest BCUT2D eigenvalue weighted by Gasteiger charge is -2.14. The Balaban J connectivity index is 1.80. The molecule has 0 radical (unpaired) electrons. The van der Waals surface area contributed by atoms with Crippen molar-refractivity contribution in [3.63, 3.8) is 0 Å². The first-order valence-corrected chi connectivity index (χ1v) is 8.78. The molecule has 0 atom stereocenters. The minimum Gasteiger partial charge on any atom is -0.472 e. The van der Waals surface area contributed by atoms with Gasteiger partial charge in [-0.3, -0.25) is 4.90 Å². The number of nitrogens with two attached hydrogens (primary N) is 1. The number of hydrogen-bond acceptors (Lipinski definition) is 6. The molecule has 1 aromatic heterocycles. The molecule has 0 spiro atoms. The predicted octanol–water partition coefficient (Wildman–Crippen LogP) is 3.53. The van der Waals surface area contributed by atoms with Gasteiger partial charge in [-0.1, -0.05) is 27.5 Å². The summed E-state index contributed by atoms with van der Waals surface area (Å²) in [6.07, 6.45) is -0.403. The molecule has 7 nitrogen and oxygen atoms in total. The molecule has 1 amide bonds. The SMILES string of the molecule is CCOC(=O)N1Cc2nc(N)nc(OCc3cc(Br)ccc3Cl)c2C1. The van der Waals surface area contributed by atoms with Gasteiger partial charge in [-0.15, -0.1) is 0 Å². The summed E-state index contributed by atoms with van der Waals surface area (Å²) in [5.41, 5.74) is 7.96. The third-order valence-electron chi connectivity index (χ3n) is 3.66. The number of nitrogen functional groups attached to an aromatic ring is 1. The molecule has 0 saturated carbocycles. The van der Waals surface area contributed by atoms with Crippen molar-refractivity contribution in [3.8, 4) is 5.88 Å². The summed E-state index contributed by atoms with van der Waals surface area (Å²) in [7, 11) is 0. The standard InChI is InChI=1S/C16H16BrClN4O3/c1-2-24-16(23)22-6-11-13(7-22)20-15(19)21-14(11)25-8-9-5-10(17)3-4-12(9)18/h3-5H,2,6-8H2,1H3,(H2,19,20,21). The van der Waals surface area contributed by atoms with Crippen LogP contribution in [0, 0.1) is 0 Å². The molecule has 1 aliphatic heterocycles. The zero-order valence-electron chi connectivity index (χ0n) is 13.5. The normalized spacial score (nSPS) is 12.8. The number of rotatable bonds is 4. The van der Waals surface area contributed by atoms with Crippen LogP contribution in [0.3, 0.4) is 0 Å². The van der Waals surface area contributed by atoms with E-state index in [2.05, 4.69) is 25.9 Å². The van der Waals surface area contributed by atoms with E-state index in [1.54, 1.807) is 13.0 Å². The van der Waals surface area contributed by atoms with Crippen molar-refractivity contribution in [2.45, 2.75) is 26.6 Å². The lowest BCUT2D eigenvalue weighted by atomic mass is 10.2. The second-order valence-electron chi connectivity index (χ2n) is 5.39. The van der Waals surface area contributed by atoms with Gasteiger partial charge in [0.1, 0.15) is 6.61 Å². The number of hydrogen-bond donors (Lipinski definition) is 1. The fourth-order valence-electron chi connectivity index (χ4n) is 2.51. The van der Waals surface area contributed by atoms with Gasteiger partial charge in [-0.05, 0) is 25.1 Å². The van der Waals surface area contributed by atoms with E-state index in [-0.39, 0.29) is 12.6 Å². The molecule has 1 aliphatic rings. The predicted molar refractivity (Wildman–Crippen MR) is 96.2 cm³/mol. The monoisotopic (exact) mass is 426 g/mol. The lowest BCUT2D eigenvalue weighted by molar-refractivity contribution is 0.106. The first-order chi connectivity index (χ1) is 12.0. The van der Waals surface area contributed by atoms with Gasteiger partial charge in [0, 0.05) is 15.1 Å². The molecule has 9 heteroatoms. The zero-order chi connectivity index (χ0) is 18.0. The van der Waals surface area contributed by atoms with Crippen molar-refractivity contribution >= 4 is 39.6 Å². The molecular formula is C16H16BrClN4O3. The number of benzene rings is 1. The maximum absolute atomic E-state index is 11.9. The van der Waals surface area contributed by atoms with Gasteiger partial charge in [0.2, 0.25) is 11.8 Å². The summed E-state index contributed by atoms with van der Waals surface area (Å²) in [5.74, 6) is 0.449. The molecule has 0 bridgehead atoms. The largest absolute Gasteiger partial charge is 0.472 e. The van der Waals surface area contributed by atoms with Crippen molar-refractivity contribution in [1.29, 1.82) is 0 Å². The van der Waals surface area contributed by atoms with E-state index >= 15 is 0 Å². The number of carbonyl (C=O) groups is 1. The average molecular weight is 428 g/mol. The number of aromatic nitrogens is 2. The average Bonchev–Trinajstić information content (AvgIpc) is 2.99. The summed E-state index contributed by atoms with van der Waals surface area (Å²) in [6.45, 7) is 2.92. The van der Waals surface area contributed by atoms with Crippen LogP contribution in [0.5, 0.6) is 5.88 Å². The van der Waals surface area contributed by atoms with Crippen molar-refractivity contribution in [2.24, 2.45) is 0 Å². The quantitative estimate of drug-likeness (QED) is 0.803. The van der Waals surface area contributed by atoms with Crippen LogP contribution in [0.25, 0.3) is 0 Å². The van der Waals surface area contributed by atoms with Gasteiger partial charge >= 0.3 is 6.09 Å². The molecule has 1 aromatic carbocycles.